The van der Waals surface area contributed by atoms with Gasteiger partial charge in [-0.3, -0.25) is 13.9 Å². The summed E-state index contributed by atoms with van der Waals surface area (Å²) >= 11 is 6.17. The van der Waals surface area contributed by atoms with Gasteiger partial charge in [0.1, 0.15) is 18.3 Å². The number of hydrogen-bond acceptors (Lipinski definition) is 5. The summed E-state index contributed by atoms with van der Waals surface area (Å²) < 4.78 is 35.4. The fourth-order valence-corrected chi connectivity index (χ4v) is 6.67. The number of ether oxygens (including phenoxy) is 1. The number of amides is 2. The number of hydrogen-bond donors (Lipinski definition) is 1. The van der Waals surface area contributed by atoms with Crippen molar-refractivity contribution in [1.29, 1.82) is 0 Å². The Labute approximate surface area is 283 Å². The third kappa shape index (κ3) is 9.14. The third-order valence-corrected chi connectivity index (χ3v) is 10.1. The molecule has 0 aliphatic carbocycles. The quantitative estimate of drug-likeness (QED) is 0.160. The molecule has 0 spiro atoms. The van der Waals surface area contributed by atoms with Gasteiger partial charge >= 0.3 is 0 Å². The second kappa shape index (κ2) is 16.0. The number of carbonyl (C=O) groups excluding carboxylic acids is 2. The number of benzene rings is 4. The summed E-state index contributed by atoms with van der Waals surface area (Å²) in [6, 6.07) is 27.0. The fraction of sp³-hybridized carbons (Fsp3) is 0.297. The molecular formula is C37H42ClN3O5S. The normalized spacial score (nSPS) is 12.6. The highest BCUT2D eigenvalue weighted by Gasteiger charge is 2.36. The molecule has 1 N–H and O–H groups in total. The summed E-state index contributed by atoms with van der Waals surface area (Å²) in [5.41, 5.74) is 3.49. The Hall–Kier alpha value is -4.34. The van der Waals surface area contributed by atoms with Gasteiger partial charge in [0, 0.05) is 24.0 Å². The van der Waals surface area contributed by atoms with Gasteiger partial charge in [0.25, 0.3) is 10.0 Å². The second-order valence-corrected chi connectivity index (χ2v) is 14.0. The maximum atomic E-state index is 14.7. The van der Waals surface area contributed by atoms with Crippen LogP contribution in [-0.2, 0) is 32.6 Å². The van der Waals surface area contributed by atoms with Gasteiger partial charge in [0.05, 0.1) is 17.7 Å². The molecule has 0 bridgehead atoms. The largest absolute Gasteiger partial charge is 0.495 e. The molecule has 0 saturated heterocycles. The molecule has 0 aliphatic heterocycles. The molecule has 0 unspecified atom stereocenters. The van der Waals surface area contributed by atoms with Crippen LogP contribution in [0.4, 0.5) is 5.69 Å². The number of anilines is 1. The Kier molecular flexibility index (Phi) is 12.1. The van der Waals surface area contributed by atoms with Crippen LogP contribution in [-0.4, -0.2) is 50.9 Å². The SMILES string of the molecule is CC[C@@H](C)NC(=O)[C@H](Cc1ccccc1)N(Cc1ccc(Cl)cc1)C(=O)CN(c1cc(C)ccc1OC)S(=O)(=O)c1ccc(C)cc1. The number of aryl methyl sites for hydroxylation is 2. The zero-order valence-corrected chi connectivity index (χ0v) is 29.0. The van der Waals surface area contributed by atoms with Gasteiger partial charge in [-0.05, 0) is 80.3 Å². The predicted molar refractivity (Wildman–Crippen MR) is 187 cm³/mol. The van der Waals surface area contributed by atoms with Crippen LogP contribution in [0.25, 0.3) is 0 Å². The molecule has 0 aromatic heterocycles. The van der Waals surface area contributed by atoms with E-state index in [0.29, 0.717) is 17.2 Å². The molecule has 0 aliphatic rings. The zero-order chi connectivity index (χ0) is 34.1. The predicted octanol–water partition coefficient (Wildman–Crippen LogP) is 6.72. The average molecular weight is 676 g/mol. The Balaban J connectivity index is 1.85. The van der Waals surface area contributed by atoms with E-state index in [-0.39, 0.29) is 35.5 Å². The third-order valence-electron chi connectivity index (χ3n) is 8.03. The summed E-state index contributed by atoms with van der Waals surface area (Å²) in [6.07, 6.45) is 0.922. The molecule has 0 fully saturated rings. The lowest BCUT2D eigenvalue weighted by Gasteiger charge is -2.34. The van der Waals surface area contributed by atoms with Crippen LogP contribution in [0, 0.1) is 13.8 Å². The molecule has 0 heterocycles. The first kappa shape index (κ1) is 35.5. The van der Waals surface area contributed by atoms with E-state index < -0.39 is 28.5 Å². The number of methoxy groups -OCH3 is 1. The lowest BCUT2D eigenvalue weighted by Crippen LogP contribution is -2.54. The first-order chi connectivity index (χ1) is 22.4. The summed E-state index contributed by atoms with van der Waals surface area (Å²) in [5.74, 6) is -0.593. The molecule has 2 atom stereocenters. The lowest BCUT2D eigenvalue weighted by atomic mass is 10.0. The molecular weight excluding hydrogens is 634 g/mol. The Morgan fingerprint density at radius 1 is 0.872 bits per heavy atom. The van der Waals surface area contributed by atoms with Gasteiger partial charge in [-0.25, -0.2) is 8.42 Å². The van der Waals surface area contributed by atoms with E-state index in [9.17, 15) is 18.0 Å². The highest BCUT2D eigenvalue weighted by molar-refractivity contribution is 7.92. The summed E-state index contributed by atoms with van der Waals surface area (Å²) in [6.45, 7) is 7.05. The molecule has 0 saturated carbocycles. The molecule has 8 nitrogen and oxygen atoms in total. The van der Waals surface area contributed by atoms with Crippen molar-refractivity contribution in [3.8, 4) is 5.75 Å². The molecule has 4 aromatic carbocycles. The summed E-state index contributed by atoms with van der Waals surface area (Å²) in [7, 11) is -2.81. The molecule has 47 heavy (non-hydrogen) atoms. The van der Waals surface area contributed by atoms with Gasteiger partial charge in [-0.15, -0.1) is 0 Å². The van der Waals surface area contributed by atoms with Crippen LogP contribution < -0.4 is 14.4 Å². The minimum Gasteiger partial charge on any atom is -0.495 e. The fourth-order valence-electron chi connectivity index (χ4n) is 5.13. The summed E-state index contributed by atoms with van der Waals surface area (Å²) in [4.78, 5) is 30.2. The Morgan fingerprint density at radius 2 is 1.51 bits per heavy atom. The first-order valence-electron chi connectivity index (χ1n) is 15.5. The van der Waals surface area contributed by atoms with Crippen molar-refractivity contribution in [1.82, 2.24) is 10.2 Å². The van der Waals surface area contributed by atoms with Gasteiger partial charge in [0.2, 0.25) is 11.8 Å². The van der Waals surface area contributed by atoms with E-state index in [0.717, 1.165) is 26.6 Å². The van der Waals surface area contributed by atoms with E-state index in [4.69, 9.17) is 16.3 Å². The van der Waals surface area contributed by atoms with Crippen LogP contribution in [0.15, 0.2) is 102 Å². The monoisotopic (exact) mass is 675 g/mol. The molecule has 2 amide bonds. The standard InChI is InChI=1S/C37H42ClN3O5S/c1-6-28(4)39-37(43)34(23-29-10-8-7-9-11-29)40(24-30-15-17-31(38)18-16-30)36(42)25-41(33-22-27(3)14-21-35(33)46-5)47(44,45)32-19-12-26(2)13-20-32/h7-22,28,34H,6,23-25H2,1-5H3,(H,39,43)/t28-,34+/m1/s1. The van der Waals surface area contributed by atoms with Crippen LogP contribution in [0.1, 0.15) is 42.5 Å². The van der Waals surface area contributed by atoms with Gasteiger partial charge in [0.15, 0.2) is 0 Å². The van der Waals surface area contributed by atoms with Crippen molar-refractivity contribution < 1.29 is 22.7 Å². The number of carbonyl (C=O) groups is 2. The molecule has 248 valence electrons. The lowest BCUT2D eigenvalue weighted by molar-refractivity contribution is -0.140. The van der Waals surface area contributed by atoms with Crippen molar-refractivity contribution >= 4 is 39.1 Å². The molecule has 10 heteroatoms. The number of nitrogens with zero attached hydrogens (tertiary/aromatic N) is 2. The minimum absolute atomic E-state index is 0.0269. The van der Waals surface area contributed by atoms with Crippen molar-refractivity contribution in [2.45, 2.75) is 64.1 Å². The average Bonchev–Trinajstić information content (AvgIpc) is 3.06. The highest BCUT2D eigenvalue weighted by Crippen LogP contribution is 2.34. The number of halogens is 1. The maximum Gasteiger partial charge on any atom is 0.264 e. The van der Waals surface area contributed by atoms with E-state index in [1.54, 1.807) is 48.5 Å². The van der Waals surface area contributed by atoms with Crippen LogP contribution >= 0.6 is 11.6 Å². The highest BCUT2D eigenvalue weighted by atomic mass is 35.5. The van der Waals surface area contributed by atoms with E-state index in [2.05, 4.69) is 5.32 Å². The van der Waals surface area contributed by atoms with Gasteiger partial charge in [-0.2, -0.15) is 0 Å². The van der Waals surface area contributed by atoms with E-state index >= 15 is 0 Å². The van der Waals surface area contributed by atoms with Crippen LogP contribution in [0.3, 0.4) is 0 Å². The Bertz CT molecular complexity index is 1760. The smallest absolute Gasteiger partial charge is 0.264 e. The van der Waals surface area contributed by atoms with Crippen molar-refractivity contribution in [2.24, 2.45) is 0 Å². The van der Waals surface area contributed by atoms with Crippen molar-refractivity contribution in [3.05, 3.63) is 124 Å². The second-order valence-electron chi connectivity index (χ2n) is 11.7. The molecule has 4 aromatic rings. The van der Waals surface area contributed by atoms with Crippen molar-refractivity contribution in [3.63, 3.8) is 0 Å². The zero-order valence-electron chi connectivity index (χ0n) is 27.4. The van der Waals surface area contributed by atoms with Crippen LogP contribution in [0.5, 0.6) is 5.75 Å². The van der Waals surface area contributed by atoms with E-state index in [1.807, 2.05) is 64.1 Å². The van der Waals surface area contributed by atoms with Crippen molar-refractivity contribution in [2.75, 3.05) is 18.0 Å². The number of rotatable bonds is 14. The first-order valence-corrected chi connectivity index (χ1v) is 17.4. The van der Waals surface area contributed by atoms with Gasteiger partial charge in [-0.1, -0.05) is 84.8 Å². The summed E-state index contributed by atoms with van der Waals surface area (Å²) in [5, 5.41) is 3.58. The topological polar surface area (TPSA) is 96.0 Å². The molecule has 0 radical (unpaired) electrons. The maximum absolute atomic E-state index is 14.7. The Morgan fingerprint density at radius 3 is 2.13 bits per heavy atom. The van der Waals surface area contributed by atoms with E-state index in [1.165, 1.54) is 24.1 Å². The van der Waals surface area contributed by atoms with Gasteiger partial charge < -0.3 is 15.0 Å². The minimum atomic E-state index is -4.27. The van der Waals surface area contributed by atoms with Crippen LogP contribution in [0.2, 0.25) is 5.02 Å². The number of sulfonamides is 1. The molecule has 4 rings (SSSR count). The number of nitrogens with one attached hydrogen (secondary N) is 1.